The molecule has 2 rings (SSSR count). The van der Waals surface area contributed by atoms with E-state index in [1.807, 2.05) is 0 Å². The third-order valence-corrected chi connectivity index (χ3v) is 3.98. The van der Waals surface area contributed by atoms with Gasteiger partial charge in [-0.15, -0.1) is 0 Å². The molecule has 0 radical (unpaired) electrons. The fourth-order valence-electron chi connectivity index (χ4n) is 2.96. The van der Waals surface area contributed by atoms with Crippen LogP contribution in [0, 0.1) is 13.8 Å². The Morgan fingerprint density at radius 3 is 2.20 bits per heavy atom. The summed E-state index contributed by atoms with van der Waals surface area (Å²) in [4.78, 5) is 15.8. The van der Waals surface area contributed by atoms with Gasteiger partial charge in [-0.2, -0.15) is 0 Å². The molecule has 1 saturated heterocycles. The van der Waals surface area contributed by atoms with Crippen molar-refractivity contribution in [1.82, 2.24) is 9.80 Å². The van der Waals surface area contributed by atoms with Crippen LogP contribution < -0.4 is 0 Å². The predicted octanol–water partition coefficient (Wildman–Crippen LogP) is 2.07. The van der Waals surface area contributed by atoms with Crippen molar-refractivity contribution in [2.24, 2.45) is 0 Å². The fraction of sp³-hybridized carbons (Fsp3) is 0.562. The van der Waals surface area contributed by atoms with Crippen molar-refractivity contribution in [3.05, 3.63) is 34.9 Å². The van der Waals surface area contributed by atoms with Gasteiger partial charge >= 0.3 is 5.97 Å². The molecule has 110 valence electrons. The minimum atomic E-state index is -0.729. The van der Waals surface area contributed by atoms with Crippen LogP contribution in [0.5, 0.6) is 0 Å². The minimum Gasteiger partial charge on any atom is -0.481 e. The smallest absolute Gasteiger partial charge is 0.305 e. The summed E-state index contributed by atoms with van der Waals surface area (Å²) in [6.45, 7) is 8.00. The van der Waals surface area contributed by atoms with Crippen LogP contribution in [0.2, 0.25) is 0 Å². The van der Waals surface area contributed by atoms with E-state index in [-0.39, 0.29) is 12.5 Å². The highest BCUT2D eigenvalue weighted by molar-refractivity contribution is 5.68. The number of carboxylic acid groups (broad SMARTS) is 1. The first-order valence-electron chi connectivity index (χ1n) is 7.18. The van der Waals surface area contributed by atoms with E-state index in [0.717, 1.165) is 31.7 Å². The van der Waals surface area contributed by atoms with Crippen LogP contribution in [0.25, 0.3) is 0 Å². The van der Waals surface area contributed by atoms with E-state index < -0.39 is 5.97 Å². The van der Waals surface area contributed by atoms with E-state index >= 15 is 0 Å². The van der Waals surface area contributed by atoms with E-state index in [4.69, 9.17) is 0 Å². The van der Waals surface area contributed by atoms with Gasteiger partial charge in [-0.1, -0.05) is 29.3 Å². The number of carboxylic acids is 1. The maximum Gasteiger partial charge on any atom is 0.305 e. The van der Waals surface area contributed by atoms with Crippen LogP contribution in [0.1, 0.15) is 29.2 Å². The molecule has 0 amide bonds. The van der Waals surface area contributed by atoms with Gasteiger partial charge in [0.1, 0.15) is 0 Å². The standard InChI is InChI=1S/C16H24N2O2/c1-12-8-13(2)10-14(9-12)15(11-16(19)20)18-6-4-17(3)5-7-18/h8-10,15H,4-7,11H2,1-3H3,(H,19,20). The second-order valence-corrected chi connectivity index (χ2v) is 5.87. The lowest BCUT2D eigenvalue weighted by Crippen LogP contribution is -2.46. The molecular formula is C16H24N2O2. The Hall–Kier alpha value is -1.39. The molecule has 4 heteroatoms. The number of likely N-dealkylation sites (N-methyl/N-ethyl adjacent to an activating group) is 1. The molecule has 1 fully saturated rings. The molecule has 1 aromatic carbocycles. The molecule has 0 aliphatic carbocycles. The van der Waals surface area contributed by atoms with Crippen molar-refractivity contribution >= 4 is 5.97 Å². The summed E-state index contributed by atoms with van der Waals surface area (Å²) in [7, 11) is 2.11. The maximum absolute atomic E-state index is 11.2. The van der Waals surface area contributed by atoms with Crippen LogP contribution in [-0.2, 0) is 4.79 Å². The van der Waals surface area contributed by atoms with Crippen LogP contribution in [0.4, 0.5) is 0 Å². The number of piperazine rings is 1. The summed E-state index contributed by atoms with van der Waals surface area (Å²) in [5.41, 5.74) is 3.53. The first-order chi connectivity index (χ1) is 9.45. The lowest BCUT2D eigenvalue weighted by Gasteiger charge is -2.37. The topological polar surface area (TPSA) is 43.8 Å². The quantitative estimate of drug-likeness (QED) is 0.914. The van der Waals surface area contributed by atoms with E-state index in [2.05, 4.69) is 48.9 Å². The Bertz CT molecular complexity index is 459. The zero-order valence-corrected chi connectivity index (χ0v) is 12.6. The zero-order chi connectivity index (χ0) is 14.7. The van der Waals surface area contributed by atoms with Crippen molar-refractivity contribution in [3.8, 4) is 0 Å². The lowest BCUT2D eigenvalue weighted by molar-refractivity contribution is -0.138. The molecule has 4 nitrogen and oxygen atoms in total. The number of aliphatic carboxylic acids is 1. The molecule has 0 bridgehead atoms. The van der Waals surface area contributed by atoms with Gasteiger partial charge in [0.15, 0.2) is 0 Å². The first-order valence-corrected chi connectivity index (χ1v) is 7.18. The molecule has 0 saturated carbocycles. The Morgan fingerprint density at radius 1 is 1.15 bits per heavy atom. The third-order valence-electron chi connectivity index (χ3n) is 3.98. The summed E-state index contributed by atoms with van der Waals surface area (Å²) in [5, 5.41) is 9.23. The molecule has 1 aliphatic rings. The Morgan fingerprint density at radius 2 is 1.70 bits per heavy atom. The van der Waals surface area contributed by atoms with E-state index in [0.29, 0.717) is 0 Å². The SMILES string of the molecule is Cc1cc(C)cc(C(CC(=O)O)N2CCN(C)CC2)c1. The van der Waals surface area contributed by atoms with Crippen molar-refractivity contribution in [2.75, 3.05) is 33.2 Å². The number of rotatable bonds is 4. The van der Waals surface area contributed by atoms with Crippen molar-refractivity contribution in [2.45, 2.75) is 26.3 Å². The van der Waals surface area contributed by atoms with E-state index in [1.54, 1.807) is 0 Å². The highest BCUT2D eigenvalue weighted by Crippen LogP contribution is 2.27. The van der Waals surface area contributed by atoms with Gasteiger partial charge in [-0.25, -0.2) is 0 Å². The summed E-state index contributed by atoms with van der Waals surface area (Å²) >= 11 is 0. The summed E-state index contributed by atoms with van der Waals surface area (Å²) in [6.07, 6.45) is 0.173. The number of nitrogens with zero attached hydrogens (tertiary/aromatic N) is 2. The van der Waals surface area contributed by atoms with Gasteiger partial charge < -0.3 is 10.0 Å². The molecule has 1 atom stereocenters. The summed E-state index contributed by atoms with van der Waals surface area (Å²) in [5.74, 6) is -0.729. The normalized spacial score (nSPS) is 18.9. The monoisotopic (exact) mass is 276 g/mol. The number of benzene rings is 1. The molecule has 20 heavy (non-hydrogen) atoms. The average Bonchev–Trinajstić information content (AvgIpc) is 2.35. The molecular weight excluding hydrogens is 252 g/mol. The molecule has 1 aromatic rings. The molecule has 1 aliphatic heterocycles. The predicted molar refractivity (Wildman–Crippen MR) is 80.0 cm³/mol. The van der Waals surface area contributed by atoms with Crippen LogP contribution in [0.3, 0.4) is 0 Å². The maximum atomic E-state index is 11.2. The van der Waals surface area contributed by atoms with Gasteiger partial charge in [-0.05, 0) is 26.5 Å². The van der Waals surface area contributed by atoms with Gasteiger partial charge in [0, 0.05) is 32.2 Å². The van der Waals surface area contributed by atoms with Gasteiger partial charge in [0.2, 0.25) is 0 Å². The molecule has 1 N–H and O–H groups in total. The van der Waals surface area contributed by atoms with Crippen molar-refractivity contribution < 1.29 is 9.90 Å². The second kappa shape index (κ2) is 6.37. The summed E-state index contributed by atoms with van der Waals surface area (Å²) < 4.78 is 0. The van der Waals surface area contributed by atoms with Crippen LogP contribution >= 0.6 is 0 Å². The Labute approximate surface area is 121 Å². The Kier molecular flexibility index (Phi) is 4.78. The van der Waals surface area contributed by atoms with Gasteiger partial charge in [-0.3, -0.25) is 9.69 Å². The van der Waals surface area contributed by atoms with Crippen molar-refractivity contribution in [1.29, 1.82) is 0 Å². The highest BCUT2D eigenvalue weighted by Gasteiger charge is 2.26. The molecule has 0 aromatic heterocycles. The minimum absolute atomic E-state index is 0.0141. The average molecular weight is 276 g/mol. The zero-order valence-electron chi connectivity index (χ0n) is 12.6. The number of hydrogen-bond donors (Lipinski definition) is 1. The lowest BCUT2D eigenvalue weighted by atomic mass is 9.97. The molecule has 0 spiro atoms. The van der Waals surface area contributed by atoms with Crippen molar-refractivity contribution in [3.63, 3.8) is 0 Å². The van der Waals surface area contributed by atoms with E-state index in [1.165, 1.54) is 11.1 Å². The highest BCUT2D eigenvalue weighted by atomic mass is 16.4. The van der Waals surface area contributed by atoms with E-state index in [9.17, 15) is 9.90 Å². The van der Waals surface area contributed by atoms with Crippen LogP contribution in [-0.4, -0.2) is 54.1 Å². The number of hydrogen-bond acceptors (Lipinski definition) is 3. The molecule has 1 unspecified atom stereocenters. The molecule has 1 heterocycles. The van der Waals surface area contributed by atoms with Crippen LogP contribution in [0.15, 0.2) is 18.2 Å². The largest absolute Gasteiger partial charge is 0.481 e. The summed E-state index contributed by atoms with van der Waals surface area (Å²) in [6, 6.07) is 6.36. The fourth-order valence-corrected chi connectivity index (χ4v) is 2.96. The number of aryl methyl sites for hydroxylation is 2. The second-order valence-electron chi connectivity index (χ2n) is 5.87. The van der Waals surface area contributed by atoms with Gasteiger partial charge in [0.05, 0.1) is 6.42 Å². The third kappa shape index (κ3) is 3.81. The Balaban J connectivity index is 2.24. The first kappa shape index (κ1) is 15.0. The van der Waals surface area contributed by atoms with Gasteiger partial charge in [0.25, 0.3) is 0 Å². The number of carbonyl (C=O) groups is 1.